The molecule has 4 aliphatic carbocycles. The highest BCUT2D eigenvalue weighted by molar-refractivity contribution is 5.28. The molecule has 4 rings (SSSR count). The second-order valence-electron chi connectivity index (χ2n) is 11.8. The summed E-state index contributed by atoms with van der Waals surface area (Å²) in [5.74, 6) is 4.37. The number of rotatable bonds is 6. The summed E-state index contributed by atoms with van der Waals surface area (Å²) in [5.41, 5.74) is 3.91. The van der Waals surface area contributed by atoms with Crippen LogP contribution >= 0.6 is 0 Å². The van der Waals surface area contributed by atoms with Gasteiger partial charge in [0.1, 0.15) is 0 Å². The summed E-state index contributed by atoms with van der Waals surface area (Å²) in [6.45, 7) is 14.1. The van der Waals surface area contributed by atoms with Crippen LogP contribution in [0.1, 0.15) is 91.9 Å². The fourth-order valence-electron chi connectivity index (χ4n) is 8.57. The van der Waals surface area contributed by atoms with Crippen molar-refractivity contribution in [3.63, 3.8) is 0 Å². The zero-order chi connectivity index (χ0) is 21.5. The topological polar surface area (TPSA) is 20.2 Å². The highest BCUT2D eigenvalue weighted by Gasteiger charge is 2.57. The van der Waals surface area contributed by atoms with Crippen LogP contribution in [0, 0.1) is 46.3 Å². The molecule has 0 aromatic rings. The van der Waals surface area contributed by atoms with Gasteiger partial charge in [0.05, 0.1) is 6.61 Å². The van der Waals surface area contributed by atoms with Crippen LogP contribution in [0.15, 0.2) is 36.0 Å². The van der Waals surface area contributed by atoms with Crippen molar-refractivity contribution in [3.05, 3.63) is 36.0 Å². The summed E-state index contributed by atoms with van der Waals surface area (Å²) in [5, 5.41) is 9.48. The average Bonchev–Trinajstić information content (AvgIpc) is 3.10. The van der Waals surface area contributed by atoms with Gasteiger partial charge in [0.25, 0.3) is 0 Å². The van der Waals surface area contributed by atoms with Crippen LogP contribution in [-0.4, -0.2) is 11.7 Å². The molecule has 1 nitrogen and oxygen atoms in total. The van der Waals surface area contributed by atoms with E-state index in [1.165, 1.54) is 57.8 Å². The Hall–Kier alpha value is -0.820. The molecule has 1 heteroatoms. The van der Waals surface area contributed by atoms with Gasteiger partial charge in [-0.2, -0.15) is 0 Å². The molecule has 0 aliphatic heterocycles. The number of hydrogen-bond acceptors (Lipinski definition) is 1. The van der Waals surface area contributed by atoms with Gasteiger partial charge in [-0.3, -0.25) is 0 Å². The second kappa shape index (κ2) is 8.61. The maximum absolute atomic E-state index is 9.48. The van der Waals surface area contributed by atoms with Gasteiger partial charge >= 0.3 is 0 Å². The smallest absolute Gasteiger partial charge is 0.0644 e. The van der Waals surface area contributed by atoms with Crippen molar-refractivity contribution in [2.24, 2.45) is 46.3 Å². The van der Waals surface area contributed by atoms with Crippen LogP contribution in [0.4, 0.5) is 0 Å². The van der Waals surface area contributed by atoms with Gasteiger partial charge in [-0.05, 0) is 103 Å². The van der Waals surface area contributed by atoms with Crippen molar-refractivity contribution in [3.8, 4) is 0 Å². The Bertz CT molecular complexity index is 701. The molecule has 1 N–H and O–H groups in total. The predicted molar refractivity (Wildman–Crippen MR) is 128 cm³/mol. The summed E-state index contributed by atoms with van der Waals surface area (Å²) in [6.07, 6.45) is 21.4. The fourth-order valence-corrected chi connectivity index (χ4v) is 8.57. The number of aliphatic hydroxyl groups is 1. The van der Waals surface area contributed by atoms with Crippen molar-refractivity contribution >= 4 is 0 Å². The number of hydrogen-bond donors (Lipinski definition) is 1. The molecule has 2 unspecified atom stereocenters. The van der Waals surface area contributed by atoms with Crippen molar-refractivity contribution < 1.29 is 5.11 Å². The quantitative estimate of drug-likeness (QED) is 0.444. The number of aliphatic hydroxyl groups excluding tert-OH is 1. The normalized spacial score (nSPS) is 42.8. The first-order valence-electron chi connectivity index (χ1n) is 13.0. The SMILES string of the molecule is C=C(CO)C(C=C[C@@H](C)[C@H]1CC[C@H]2C3=CCC4CCCC[C@]4(C)[C@H]3CC[C@]12C)CC. The largest absolute Gasteiger partial charge is 0.392 e. The maximum atomic E-state index is 9.48. The molecule has 4 aliphatic rings. The average molecular weight is 411 g/mol. The maximum Gasteiger partial charge on any atom is 0.0644 e. The van der Waals surface area contributed by atoms with Crippen molar-refractivity contribution in [2.45, 2.75) is 91.9 Å². The van der Waals surface area contributed by atoms with Crippen LogP contribution < -0.4 is 0 Å². The Kier molecular flexibility index (Phi) is 6.42. The van der Waals surface area contributed by atoms with Crippen LogP contribution in [-0.2, 0) is 0 Å². The first-order valence-corrected chi connectivity index (χ1v) is 13.0. The van der Waals surface area contributed by atoms with Gasteiger partial charge in [-0.15, -0.1) is 0 Å². The monoisotopic (exact) mass is 410 g/mol. The molecule has 30 heavy (non-hydrogen) atoms. The molecule has 0 aromatic carbocycles. The molecule has 0 bridgehead atoms. The Morgan fingerprint density at radius 1 is 1.10 bits per heavy atom. The Labute approximate surface area is 186 Å². The minimum Gasteiger partial charge on any atom is -0.392 e. The van der Waals surface area contributed by atoms with E-state index >= 15 is 0 Å². The summed E-state index contributed by atoms with van der Waals surface area (Å²) in [4.78, 5) is 0. The summed E-state index contributed by atoms with van der Waals surface area (Å²) >= 11 is 0. The molecule has 0 spiro atoms. The molecule has 8 atom stereocenters. The van der Waals surface area contributed by atoms with Gasteiger partial charge < -0.3 is 5.11 Å². The lowest BCUT2D eigenvalue weighted by Crippen LogP contribution is -2.48. The Morgan fingerprint density at radius 3 is 2.60 bits per heavy atom. The third kappa shape index (κ3) is 3.58. The lowest BCUT2D eigenvalue weighted by molar-refractivity contribution is -0.00480. The van der Waals surface area contributed by atoms with E-state index in [0.29, 0.717) is 22.7 Å². The number of fused-ring (bicyclic) bond motifs is 5. The van der Waals surface area contributed by atoms with E-state index in [9.17, 15) is 5.11 Å². The van der Waals surface area contributed by atoms with Gasteiger partial charge in [-0.1, -0.05) is 70.9 Å². The molecule has 0 heterocycles. The number of allylic oxidation sites excluding steroid dienone is 4. The third-order valence-electron chi connectivity index (χ3n) is 10.5. The van der Waals surface area contributed by atoms with E-state index in [1.807, 2.05) is 5.57 Å². The zero-order valence-electron chi connectivity index (χ0n) is 20.1. The van der Waals surface area contributed by atoms with E-state index in [1.54, 1.807) is 0 Å². The first kappa shape index (κ1) is 22.4. The Morgan fingerprint density at radius 2 is 1.87 bits per heavy atom. The molecular weight excluding hydrogens is 364 g/mol. The summed E-state index contributed by atoms with van der Waals surface area (Å²) in [7, 11) is 0. The van der Waals surface area contributed by atoms with Gasteiger partial charge in [0.15, 0.2) is 0 Å². The van der Waals surface area contributed by atoms with Crippen molar-refractivity contribution in [1.82, 2.24) is 0 Å². The Balaban J connectivity index is 1.52. The summed E-state index contributed by atoms with van der Waals surface area (Å²) < 4.78 is 0. The highest BCUT2D eigenvalue weighted by Crippen LogP contribution is 2.66. The molecule has 168 valence electrons. The molecule has 0 saturated heterocycles. The van der Waals surface area contributed by atoms with Crippen LogP contribution in [0.2, 0.25) is 0 Å². The van der Waals surface area contributed by atoms with Crippen LogP contribution in [0.3, 0.4) is 0 Å². The van der Waals surface area contributed by atoms with Crippen LogP contribution in [0.25, 0.3) is 0 Å². The molecule has 0 amide bonds. The van der Waals surface area contributed by atoms with Crippen molar-refractivity contribution in [2.75, 3.05) is 6.61 Å². The van der Waals surface area contributed by atoms with Crippen molar-refractivity contribution in [1.29, 1.82) is 0 Å². The second-order valence-corrected chi connectivity index (χ2v) is 11.8. The van der Waals surface area contributed by atoms with E-state index in [0.717, 1.165) is 35.7 Å². The third-order valence-corrected chi connectivity index (χ3v) is 10.5. The van der Waals surface area contributed by atoms with Gasteiger partial charge in [0, 0.05) is 0 Å². The fraction of sp³-hybridized carbons (Fsp3) is 0.793. The molecule has 0 aromatic heterocycles. The first-order chi connectivity index (χ1) is 14.3. The minimum atomic E-state index is 0.107. The van der Waals surface area contributed by atoms with Gasteiger partial charge in [0.2, 0.25) is 0 Å². The summed E-state index contributed by atoms with van der Waals surface area (Å²) in [6, 6.07) is 0. The zero-order valence-corrected chi connectivity index (χ0v) is 20.1. The molecule has 3 fully saturated rings. The lowest BCUT2D eigenvalue weighted by Gasteiger charge is -2.57. The van der Waals surface area contributed by atoms with E-state index < -0.39 is 0 Å². The lowest BCUT2D eigenvalue weighted by atomic mass is 9.48. The van der Waals surface area contributed by atoms with E-state index in [2.05, 4.69) is 52.5 Å². The van der Waals surface area contributed by atoms with Gasteiger partial charge in [-0.25, -0.2) is 0 Å². The van der Waals surface area contributed by atoms with Crippen LogP contribution in [0.5, 0.6) is 0 Å². The van der Waals surface area contributed by atoms with E-state index in [4.69, 9.17) is 0 Å². The standard InChI is InChI=1S/C29H46O/c1-6-22(21(3)19-30)11-10-20(2)25-14-15-26-24-13-12-23-9-7-8-17-28(23,4)27(24)16-18-29(25,26)5/h10-11,13,20,22-23,25-27,30H,3,6-9,12,14-19H2,1-2,4-5H3/t20-,22?,23?,25-,26+,27+,28+,29-/m1/s1. The molecule has 3 saturated carbocycles. The molecular formula is C29H46O. The highest BCUT2D eigenvalue weighted by atomic mass is 16.3. The minimum absolute atomic E-state index is 0.107. The molecule has 0 radical (unpaired) electrons. The predicted octanol–water partition coefficient (Wildman–Crippen LogP) is 7.72. The van der Waals surface area contributed by atoms with E-state index in [-0.39, 0.29) is 6.61 Å².